The minimum atomic E-state index is -0.124. The molecule has 1 heterocycles. The van der Waals surface area contributed by atoms with Crippen LogP contribution in [0.1, 0.15) is 27.6 Å². The Morgan fingerprint density at radius 1 is 1.00 bits per heavy atom. The van der Waals surface area contributed by atoms with Crippen LogP contribution in [0.25, 0.3) is 0 Å². The van der Waals surface area contributed by atoms with Crippen LogP contribution in [-0.4, -0.2) is 19.5 Å². The molecule has 1 amide bonds. The molecular formula is C22H25N2OS+. The lowest BCUT2D eigenvalue weighted by Gasteiger charge is -2.21. The van der Waals surface area contributed by atoms with Crippen LogP contribution in [0.2, 0.25) is 0 Å². The molecule has 0 spiro atoms. The summed E-state index contributed by atoms with van der Waals surface area (Å²) >= 11 is 1.76. The van der Waals surface area contributed by atoms with E-state index in [1.165, 1.54) is 15.3 Å². The number of carbonyl (C=O) groups excluding carboxylic acids is 1. The van der Waals surface area contributed by atoms with Crippen molar-refractivity contribution in [1.29, 1.82) is 0 Å². The molecule has 0 aliphatic carbocycles. The van der Waals surface area contributed by atoms with Gasteiger partial charge in [0.2, 0.25) is 0 Å². The maximum absolute atomic E-state index is 12.7. The minimum Gasteiger partial charge on any atom is -0.340 e. The Labute approximate surface area is 159 Å². The summed E-state index contributed by atoms with van der Waals surface area (Å²) in [5.41, 5.74) is 3.50. The first-order valence-corrected chi connectivity index (χ1v) is 9.75. The van der Waals surface area contributed by atoms with Crippen molar-refractivity contribution in [1.82, 2.24) is 5.32 Å². The number of hydrogen-bond donors (Lipinski definition) is 2. The number of hydrogen-bond acceptors (Lipinski definition) is 2. The van der Waals surface area contributed by atoms with Crippen LogP contribution in [0, 0.1) is 6.92 Å². The fourth-order valence-corrected chi connectivity index (χ4v) is 4.08. The van der Waals surface area contributed by atoms with E-state index in [2.05, 4.69) is 55.0 Å². The quantitative estimate of drug-likeness (QED) is 0.663. The predicted octanol–water partition coefficient (Wildman–Crippen LogP) is 2.98. The lowest BCUT2D eigenvalue weighted by molar-refractivity contribution is -0.885. The average Bonchev–Trinajstić information content (AvgIpc) is 3.05. The second-order valence-corrected chi connectivity index (χ2v) is 7.66. The summed E-state index contributed by atoms with van der Waals surface area (Å²) in [6.07, 6.45) is 0. The van der Waals surface area contributed by atoms with Gasteiger partial charge in [-0.3, -0.25) is 4.79 Å². The Balaban J connectivity index is 1.68. The lowest BCUT2D eigenvalue weighted by Crippen LogP contribution is -3.08. The highest BCUT2D eigenvalue weighted by Crippen LogP contribution is 2.21. The van der Waals surface area contributed by atoms with Crippen molar-refractivity contribution in [3.8, 4) is 0 Å². The molecule has 3 aromatic rings. The molecule has 4 heteroatoms. The summed E-state index contributed by atoms with van der Waals surface area (Å²) in [6.45, 7) is 3.45. The monoisotopic (exact) mass is 365 g/mol. The van der Waals surface area contributed by atoms with E-state index >= 15 is 0 Å². The molecule has 134 valence electrons. The second-order valence-electron chi connectivity index (χ2n) is 6.66. The first-order chi connectivity index (χ1) is 12.6. The molecule has 1 unspecified atom stereocenters. The molecule has 1 atom stereocenters. The van der Waals surface area contributed by atoms with E-state index in [-0.39, 0.29) is 11.9 Å². The number of quaternary nitrogens is 1. The number of nitrogens with one attached hydrogen (secondary N) is 2. The van der Waals surface area contributed by atoms with Crippen molar-refractivity contribution < 1.29 is 9.69 Å². The molecule has 0 aliphatic rings. The highest BCUT2D eigenvalue weighted by molar-refractivity contribution is 7.10. The third-order valence-corrected chi connectivity index (χ3v) is 5.49. The fourth-order valence-electron chi connectivity index (χ4n) is 3.06. The SMILES string of the molecule is Cc1ccsc1C[NH+](C)CC(=O)NC(c1ccccc1)c1ccccc1. The number of benzene rings is 2. The van der Waals surface area contributed by atoms with Crippen LogP contribution in [0.3, 0.4) is 0 Å². The smallest absolute Gasteiger partial charge is 0.275 e. The van der Waals surface area contributed by atoms with Crippen LogP contribution < -0.4 is 10.2 Å². The van der Waals surface area contributed by atoms with E-state index < -0.39 is 0 Å². The number of likely N-dealkylation sites (N-methyl/N-ethyl adjacent to an activating group) is 1. The molecule has 0 saturated carbocycles. The van der Waals surface area contributed by atoms with Gasteiger partial charge >= 0.3 is 0 Å². The summed E-state index contributed by atoms with van der Waals surface area (Å²) in [5, 5.41) is 5.33. The molecule has 26 heavy (non-hydrogen) atoms. The molecule has 0 fully saturated rings. The Kier molecular flexibility index (Phi) is 6.21. The van der Waals surface area contributed by atoms with Crippen molar-refractivity contribution in [2.24, 2.45) is 0 Å². The van der Waals surface area contributed by atoms with E-state index in [1.54, 1.807) is 11.3 Å². The first-order valence-electron chi connectivity index (χ1n) is 8.87. The summed E-state index contributed by atoms with van der Waals surface area (Å²) in [7, 11) is 2.07. The van der Waals surface area contributed by atoms with Crippen molar-refractivity contribution in [3.63, 3.8) is 0 Å². The molecule has 1 aromatic heterocycles. The third-order valence-electron chi connectivity index (χ3n) is 4.46. The Hall–Kier alpha value is -2.43. The van der Waals surface area contributed by atoms with E-state index in [4.69, 9.17) is 0 Å². The van der Waals surface area contributed by atoms with Gasteiger partial charge < -0.3 is 10.2 Å². The number of aryl methyl sites for hydroxylation is 1. The molecule has 0 aliphatic heterocycles. The van der Waals surface area contributed by atoms with Gasteiger partial charge in [0.1, 0.15) is 6.54 Å². The number of amides is 1. The van der Waals surface area contributed by atoms with Gasteiger partial charge in [-0.1, -0.05) is 60.7 Å². The van der Waals surface area contributed by atoms with E-state index in [1.807, 2.05) is 36.4 Å². The van der Waals surface area contributed by atoms with E-state index in [9.17, 15) is 4.79 Å². The summed E-state index contributed by atoms with van der Waals surface area (Å²) in [6, 6.07) is 22.3. The Bertz CT molecular complexity index is 790. The first kappa shape index (κ1) is 18.4. The van der Waals surface area contributed by atoms with Gasteiger partial charge in [-0.15, -0.1) is 11.3 Å². The maximum Gasteiger partial charge on any atom is 0.275 e. The Morgan fingerprint density at radius 2 is 1.58 bits per heavy atom. The highest BCUT2D eigenvalue weighted by atomic mass is 32.1. The standard InChI is InChI=1S/C22H24N2OS/c1-17-13-14-26-20(17)15-24(2)16-21(25)23-22(18-9-5-3-6-10-18)19-11-7-4-8-12-19/h3-14,22H,15-16H2,1-2H3,(H,23,25)/p+1. The van der Waals surface area contributed by atoms with Crippen LogP contribution in [0.15, 0.2) is 72.1 Å². The van der Waals surface area contributed by atoms with Crippen molar-refractivity contribution >= 4 is 17.2 Å². The van der Waals surface area contributed by atoms with Crippen LogP contribution in [0.5, 0.6) is 0 Å². The summed E-state index contributed by atoms with van der Waals surface area (Å²) in [5.74, 6) is 0.0643. The number of carbonyl (C=O) groups is 1. The molecule has 2 aromatic carbocycles. The molecule has 2 N–H and O–H groups in total. The fraction of sp³-hybridized carbons (Fsp3) is 0.227. The van der Waals surface area contributed by atoms with E-state index in [0.29, 0.717) is 6.54 Å². The van der Waals surface area contributed by atoms with Crippen LogP contribution in [0.4, 0.5) is 0 Å². The molecule has 0 radical (unpaired) electrons. The second kappa shape index (κ2) is 8.79. The van der Waals surface area contributed by atoms with Crippen LogP contribution in [-0.2, 0) is 11.3 Å². The van der Waals surface area contributed by atoms with Crippen molar-refractivity contribution in [3.05, 3.63) is 93.7 Å². The van der Waals surface area contributed by atoms with E-state index in [0.717, 1.165) is 17.7 Å². The maximum atomic E-state index is 12.7. The number of rotatable bonds is 7. The van der Waals surface area contributed by atoms with Gasteiger partial charge in [-0.25, -0.2) is 0 Å². The topological polar surface area (TPSA) is 33.5 Å². The summed E-state index contributed by atoms with van der Waals surface area (Å²) in [4.78, 5) is 15.2. The van der Waals surface area contributed by atoms with Gasteiger partial charge in [0.25, 0.3) is 5.91 Å². The predicted molar refractivity (Wildman–Crippen MR) is 107 cm³/mol. The van der Waals surface area contributed by atoms with Gasteiger partial charge in [0, 0.05) is 0 Å². The Morgan fingerprint density at radius 3 is 2.08 bits per heavy atom. The molecule has 3 rings (SSSR count). The zero-order chi connectivity index (χ0) is 18.4. The van der Waals surface area contributed by atoms with Gasteiger partial charge in [-0.2, -0.15) is 0 Å². The van der Waals surface area contributed by atoms with Crippen LogP contribution >= 0.6 is 11.3 Å². The molecule has 0 bridgehead atoms. The molecular weight excluding hydrogens is 340 g/mol. The third kappa shape index (κ3) is 4.81. The zero-order valence-corrected chi connectivity index (χ0v) is 16.1. The average molecular weight is 366 g/mol. The largest absolute Gasteiger partial charge is 0.340 e. The summed E-state index contributed by atoms with van der Waals surface area (Å²) < 4.78 is 0. The van der Waals surface area contributed by atoms with Crippen molar-refractivity contribution in [2.45, 2.75) is 19.5 Å². The van der Waals surface area contributed by atoms with Crippen molar-refractivity contribution in [2.75, 3.05) is 13.6 Å². The molecule has 0 saturated heterocycles. The molecule has 3 nitrogen and oxygen atoms in total. The highest BCUT2D eigenvalue weighted by Gasteiger charge is 2.19. The lowest BCUT2D eigenvalue weighted by atomic mass is 9.99. The van der Waals surface area contributed by atoms with Gasteiger partial charge in [0.05, 0.1) is 18.0 Å². The normalized spacial score (nSPS) is 12.1. The van der Waals surface area contributed by atoms with Gasteiger partial charge in [-0.05, 0) is 35.1 Å². The zero-order valence-electron chi connectivity index (χ0n) is 15.2. The number of thiophene rings is 1. The van der Waals surface area contributed by atoms with Gasteiger partial charge in [0.15, 0.2) is 6.54 Å². The minimum absolute atomic E-state index is 0.0643.